The molecule has 7 nitrogen and oxygen atoms in total. The second kappa shape index (κ2) is 7.23. The van der Waals surface area contributed by atoms with Gasteiger partial charge in [-0.3, -0.25) is 4.79 Å². The van der Waals surface area contributed by atoms with E-state index in [0.717, 1.165) is 3.97 Å². The molecule has 0 aliphatic heterocycles. The minimum Gasteiger partial charge on any atom is -0.316 e. The SMILES string of the molecule is Cc1cc(-c2cc3c(Br)cn(C)c(=O)c3n2S(=O)(=O)Cc2ccccc2)ncn1. The van der Waals surface area contributed by atoms with E-state index < -0.39 is 15.6 Å². The Labute approximate surface area is 175 Å². The van der Waals surface area contributed by atoms with Crippen LogP contribution in [0, 0.1) is 6.92 Å². The average molecular weight is 473 g/mol. The van der Waals surface area contributed by atoms with Gasteiger partial charge < -0.3 is 4.57 Å². The van der Waals surface area contributed by atoms with Crippen LogP contribution in [0.25, 0.3) is 22.3 Å². The topological polar surface area (TPSA) is 86.9 Å². The van der Waals surface area contributed by atoms with Crippen molar-refractivity contribution in [2.24, 2.45) is 7.05 Å². The van der Waals surface area contributed by atoms with Crippen LogP contribution >= 0.6 is 15.9 Å². The third-order valence-corrected chi connectivity index (χ3v) is 6.85. The monoisotopic (exact) mass is 472 g/mol. The van der Waals surface area contributed by atoms with Gasteiger partial charge >= 0.3 is 0 Å². The van der Waals surface area contributed by atoms with E-state index >= 15 is 0 Å². The highest BCUT2D eigenvalue weighted by molar-refractivity contribution is 9.10. The van der Waals surface area contributed by atoms with Crippen LogP contribution in [-0.2, 0) is 22.8 Å². The van der Waals surface area contributed by atoms with Crippen LogP contribution in [0.1, 0.15) is 11.3 Å². The van der Waals surface area contributed by atoms with Crippen LogP contribution in [0.2, 0.25) is 0 Å². The molecule has 0 N–H and O–H groups in total. The summed E-state index contributed by atoms with van der Waals surface area (Å²) in [4.78, 5) is 21.3. The standard InChI is InChI=1S/C20H17BrN4O3S/c1-13-8-17(23-12-22-13)18-9-15-16(21)10-24(2)20(26)19(15)25(18)29(27,28)11-14-6-4-3-5-7-14/h3-10,12H,11H2,1-2H3. The zero-order valence-electron chi connectivity index (χ0n) is 15.7. The van der Waals surface area contributed by atoms with Crippen molar-refractivity contribution in [1.29, 1.82) is 0 Å². The second-order valence-electron chi connectivity index (χ2n) is 6.74. The van der Waals surface area contributed by atoms with Crippen molar-refractivity contribution in [3.05, 3.63) is 81.1 Å². The molecule has 148 valence electrons. The first-order valence-corrected chi connectivity index (χ1v) is 11.1. The number of pyridine rings is 1. The molecule has 0 unspecified atom stereocenters. The molecule has 4 rings (SSSR count). The molecular formula is C20H17BrN4O3S. The van der Waals surface area contributed by atoms with E-state index in [1.807, 2.05) is 6.07 Å². The third-order valence-electron chi connectivity index (χ3n) is 4.58. The van der Waals surface area contributed by atoms with Gasteiger partial charge in [0.15, 0.2) is 0 Å². The van der Waals surface area contributed by atoms with Gasteiger partial charge in [-0.1, -0.05) is 30.3 Å². The van der Waals surface area contributed by atoms with Gasteiger partial charge in [0, 0.05) is 28.8 Å². The van der Waals surface area contributed by atoms with Crippen molar-refractivity contribution >= 4 is 36.9 Å². The number of rotatable bonds is 4. The van der Waals surface area contributed by atoms with Gasteiger partial charge in [0.2, 0.25) is 10.0 Å². The van der Waals surface area contributed by atoms with E-state index in [4.69, 9.17) is 0 Å². The zero-order chi connectivity index (χ0) is 20.8. The van der Waals surface area contributed by atoms with Gasteiger partial charge in [0.05, 0.1) is 17.1 Å². The fourth-order valence-electron chi connectivity index (χ4n) is 3.25. The van der Waals surface area contributed by atoms with Crippen molar-refractivity contribution < 1.29 is 8.42 Å². The summed E-state index contributed by atoms with van der Waals surface area (Å²) in [5.41, 5.74) is 1.76. The molecule has 0 atom stereocenters. The maximum atomic E-state index is 13.5. The molecule has 4 aromatic rings. The van der Waals surface area contributed by atoms with Crippen LogP contribution in [-0.4, -0.2) is 26.9 Å². The Morgan fingerprint density at radius 3 is 2.52 bits per heavy atom. The lowest BCUT2D eigenvalue weighted by atomic mass is 10.2. The maximum Gasteiger partial charge on any atom is 0.275 e. The summed E-state index contributed by atoms with van der Waals surface area (Å²) in [6.45, 7) is 1.80. The summed E-state index contributed by atoms with van der Waals surface area (Å²) < 4.78 is 30.1. The first-order chi connectivity index (χ1) is 13.8. The highest BCUT2D eigenvalue weighted by Gasteiger charge is 2.26. The molecule has 0 fully saturated rings. The molecule has 0 aliphatic rings. The Balaban J connectivity index is 2.07. The molecule has 0 saturated heterocycles. The van der Waals surface area contributed by atoms with Gasteiger partial charge in [-0.05, 0) is 40.5 Å². The van der Waals surface area contributed by atoms with Crippen LogP contribution in [0.3, 0.4) is 0 Å². The first kappa shape index (κ1) is 19.5. The molecule has 9 heteroatoms. The van der Waals surface area contributed by atoms with Gasteiger partial charge in [0.25, 0.3) is 5.56 Å². The van der Waals surface area contributed by atoms with Gasteiger partial charge in [-0.25, -0.2) is 22.4 Å². The zero-order valence-corrected chi connectivity index (χ0v) is 18.1. The summed E-state index contributed by atoms with van der Waals surface area (Å²) in [6, 6.07) is 12.2. The lowest BCUT2D eigenvalue weighted by Crippen LogP contribution is -2.24. The lowest BCUT2D eigenvalue weighted by Gasteiger charge is -2.12. The minimum atomic E-state index is -3.92. The Bertz CT molecular complexity index is 1390. The number of hydrogen-bond donors (Lipinski definition) is 0. The van der Waals surface area contributed by atoms with E-state index in [9.17, 15) is 13.2 Å². The number of aromatic nitrogens is 4. The molecule has 0 spiro atoms. The summed E-state index contributed by atoms with van der Waals surface area (Å²) in [5, 5.41) is 0.510. The number of benzene rings is 1. The van der Waals surface area contributed by atoms with Crippen molar-refractivity contribution in [2.75, 3.05) is 0 Å². The first-order valence-electron chi connectivity index (χ1n) is 8.75. The summed E-state index contributed by atoms with van der Waals surface area (Å²) in [5.74, 6) is -0.246. The van der Waals surface area contributed by atoms with Crippen LogP contribution < -0.4 is 5.56 Å². The normalized spacial score (nSPS) is 11.8. The highest BCUT2D eigenvalue weighted by atomic mass is 79.9. The Morgan fingerprint density at radius 1 is 1.10 bits per heavy atom. The van der Waals surface area contributed by atoms with Crippen molar-refractivity contribution in [1.82, 2.24) is 18.5 Å². The lowest BCUT2D eigenvalue weighted by molar-refractivity contribution is 0.588. The second-order valence-corrected chi connectivity index (χ2v) is 9.41. The number of aryl methyl sites for hydroxylation is 2. The van der Waals surface area contributed by atoms with Crippen molar-refractivity contribution in [2.45, 2.75) is 12.7 Å². The minimum absolute atomic E-state index is 0.0871. The average Bonchev–Trinajstić information content (AvgIpc) is 3.09. The fraction of sp³-hybridized carbons (Fsp3) is 0.150. The molecule has 0 bridgehead atoms. The van der Waals surface area contributed by atoms with Gasteiger partial charge in [-0.15, -0.1) is 0 Å². The number of halogens is 1. The largest absolute Gasteiger partial charge is 0.316 e. The Hall–Kier alpha value is -2.78. The summed E-state index contributed by atoms with van der Waals surface area (Å²) in [6.07, 6.45) is 3.00. The van der Waals surface area contributed by atoms with E-state index in [1.54, 1.807) is 56.6 Å². The molecule has 3 aromatic heterocycles. The molecular weight excluding hydrogens is 456 g/mol. The van der Waals surface area contributed by atoms with Gasteiger partial charge in [-0.2, -0.15) is 0 Å². The molecule has 1 aromatic carbocycles. The van der Waals surface area contributed by atoms with Gasteiger partial charge in [0.1, 0.15) is 11.8 Å². The highest BCUT2D eigenvalue weighted by Crippen LogP contribution is 2.32. The fourth-order valence-corrected chi connectivity index (χ4v) is 5.51. The summed E-state index contributed by atoms with van der Waals surface area (Å²) >= 11 is 3.45. The van der Waals surface area contributed by atoms with Crippen LogP contribution in [0.15, 0.2) is 64.3 Å². The van der Waals surface area contributed by atoms with Crippen molar-refractivity contribution in [3.8, 4) is 11.4 Å². The van der Waals surface area contributed by atoms with Crippen LogP contribution in [0.4, 0.5) is 0 Å². The van der Waals surface area contributed by atoms with E-state index in [1.165, 1.54) is 10.9 Å². The molecule has 0 radical (unpaired) electrons. The predicted octanol–water partition coefficient (Wildman–Crippen LogP) is 3.25. The van der Waals surface area contributed by atoms with Crippen molar-refractivity contribution in [3.63, 3.8) is 0 Å². The van der Waals surface area contributed by atoms with E-state index in [0.29, 0.717) is 32.5 Å². The Morgan fingerprint density at radius 2 is 1.83 bits per heavy atom. The molecule has 29 heavy (non-hydrogen) atoms. The number of hydrogen-bond acceptors (Lipinski definition) is 5. The Kier molecular flexibility index (Phi) is 4.87. The molecule has 0 saturated carbocycles. The predicted molar refractivity (Wildman–Crippen MR) is 115 cm³/mol. The quantitative estimate of drug-likeness (QED) is 0.454. The third kappa shape index (κ3) is 3.51. The summed E-state index contributed by atoms with van der Waals surface area (Å²) in [7, 11) is -2.34. The van der Waals surface area contributed by atoms with E-state index in [2.05, 4.69) is 25.9 Å². The van der Waals surface area contributed by atoms with Crippen LogP contribution in [0.5, 0.6) is 0 Å². The number of nitrogens with zero attached hydrogens (tertiary/aromatic N) is 4. The molecule has 0 amide bonds. The molecule has 3 heterocycles. The maximum absolute atomic E-state index is 13.5. The molecule has 0 aliphatic carbocycles. The smallest absolute Gasteiger partial charge is 0.275 e. The van der Waals surface area contributed by atoms with E-state index in [-0.39, 0.29) is 11.3 Å². The number of fused-ring (bicyclic) bond motifs is 1.